The van der Waals surface area contributed by atoms with Crippen LogP contribution in [0, 0.1) is 0 Å². The summed E-state index contributed by atoms with van der Waals surface area (Å²) in [6.07, 6.45) is 0.877. The number of morpholine rings is 1. The molecule has 1 heterocycles. The van der Waals surface area contributed by atoms with E-state index in [1.54, 1.807) is 0 Å². The van der Waals surface area contributed by atoms with Gasteiger partial charge < -0.3 is 15.4 Å². The van der Waals surface area contributed by atoms with E-state index in [1.165, 1.54) is 5.56 Å². The molecule has 0 spiro atoms. The van der Waals surface area contributed by atoms with Crippen molar-refractivity contribution in [2.24, 2.45) is 10.7 Å². The molecule has 0 amide bonds. The average molecular weight is 268 g/mol. The summed E-state index contributed by atoms with van der Waals surface area (Å²) in [4.78, 5) is 6.46. The van der Waals surface area contributed by atoms with Crippen molar-refractivity contribution in [3.05, 3.63) is 34.9 Å². The highest BCUT2D eigenvalue weighted by Crippen LogP contribution is 2.09. The Labute approximate surface area is 112 Å². The number of nitrogens with two attached hydrogens (primary N) is 1. The molecule has 1 aliphatic rings. The van der Waals surface area contributed by atoms with Gasteiger partial charge in [0.05, 0.1) is 13.2 Å². The van der Waals surface area contributed by atoms with Gasteiger partial charge in [0.1, 0.15) is 0 Å². The molecule has 0 saturated carbocycles. The molecule has 0 bridgehead atoms. The molecular weight excluding hydrogens is 250 g/mol. The number of hydrogen-bond acceptors (Lipinski definition) is 2. The Kier molecular flexibility index (Phi) is 4.84. The fourth-order valence-electron chi connectivity index (χ4n) is 1.84. The Morgan fingerprint density at radius 3 is 2.61 bits per heavy atom. The van der Waals surface area contributed by atoms with Gasteiger partial charge in [-0.25, -0.2) is 0 Å². The minimum atomic E-state index is 0.618. The molecule has 0 unspecified atom stereocenters. The molecule has 1 saturated heterocycles. The fraction of sp³-hybridized carbons (Fsp3) is 0.462. The Bertz CT molecular complexity index is 399. The van der Waals surface area contributed by atoms with Crippen LogP contribution in [-0.4, -0.2) is 43.7 Å². The van der Waals surface area contributed by atoms with E-state index in [4.69, 9.17) is 22.1 Å². The lowest BCUT2D eigenvalue weighted by Gasteiger charge is -2.27. The van der Waals surface area contributed by atoms with Crippen molar-refractivity contribution in [3.63, 3.8) is 0 Å². The number of halogens is 1. The monoisotopic (exact) mass is 267 g/mol. The molecule has 0 atom stereocenters. The molecule has 1 aromatic rings. The molecule has 2 rings (SSSR count). The molecule has 0 aromatic heterocycles. The van der Waals surface area contributed by atoms with Crippen LogP contribution in [0.5, 0.6) is 0 Å². The molecule has 4 nitrogen and oxygen atoms in total. The van der Waals surface area contributed by atoms with E-state index >= 15 is 0 Å². The lowest BCUT2D eigenvalue weighted by Crippen LogP contribution is -2.44. The van der Waals surface area contributed by atoms with Crippen molar-refractivity contribution in [1.29, 1.82) is 0 Å². The minimum Gasteiger partial charge on any atom is -0.378 e. The maximum absolute atomic E-state index is 5.94. The topological polar surface area (TPSA) is 50.8 Å². The summed E-state index contributed by atoms with van der Waals surface area (Å²) in [6, 6.07) is 7.82. The fourth-order valence-corrected chi connectivity index (χ4v) is 1.97. The van der Waals surface area contributed by atoms with Gasteiger partial charge in [-0.05, 0) is 24.1 Å². The third-order valence-corrected chi connectivity index (χ3v) is 3.17. The molecule has 0 aliphatic carbocycles. The Morgan fingerprint density at radius 1 is 1.28 bits per heavy atom. The minimum absolute atomic E-state index is 0.618. The highest BCUT2D eigenvalue weighted by Gasteiger charge is 2.11. The van der Waals surface area contributed by atoms with Crippen LogP contribution in [0.4, 0.5) is 0 Å². The van der Waals surface area contributed by atoms with E-state index in [1.807, 2.05) is 24.3 Å². The van der Waals surface area contributed by atoms with Crippen LogP contribution in [0.15, 0.2) is 29.3 Å². The summed E-state index contributed by atoms with van der Waals surface area (Å²) in [6.45, 7) is 3.82. The predicted molar refractivity (Wildman–Crippen MR) is 74.0 cm³/mol. The van der Waals surface area contributed by atoms with Crippen LogP contribution in [0.2, 0.25) is 5.02 Å². The SMILES string of the molecule is NC(=NCCc1ccc(Cl)cc1)N1CCOCC1. The van der Waals surface area contributed by atoms with Crippen molar-refractivity contribution >= 4 is 17.6 Å². The van der Waals surface area contributed by atoms with Gasteiger partial charge in [-0.15, -0.1) is 0 Å². The summed E-state index contributed by atoms with van der Waals surface area (Å²) < 4.78 is 5.27. The molecule has 98 valence electrons. The molecule has 0 radical (unpaired) electrons. The number of nitrogens with zero attached hydrogens (tertiary/aromatic N) is 2. The van der Waals surface area contributed by atoms with Gasteiger partial charge in [-0.2, -0.15) is 0 Å². The van der Waals surface area contributed by atoms with Crippen molar-refractivity contribution in [1.82, 2.24) is 4.90 Å². The number of hydrogen-bond donors (Lipinski definition) is 1. The highest BCUT2D eigenvalue weighted by atomic mass is 35.5. The van der Waals surface area contributed by atoms with E-state index in [0.29, 0.717) is 12.5 Å². The number of guanidine groups is 1. The number of aliphatic imine (C=N–C) groups is 1. The summed E-state index contributed by atoms with van der Waals surface area (Å²) >= 11 is 5.83. The van der Waals surface area contributed by atoms with Gasteiger partial charge in [-0.3, -0.25) is 4.99 Å². The largest absolute Gasteiger partial charge is 0.378 e. The molecule has 1 aliphatic heterocycles. The third-order valence-electron chi connectivity index (χ3n) is 2.92. The first-order valence-electron chi connectivity index (χ1n) is 6.13. The van der Waals surface area contributed by atoms with Gasteiger partial charge in [0.25, 0.3) is 0 Å². The Balaban J connectivity index is 1.81. The maximum atomic E-state index is 5.94. The van der Waals surface area contributed by atoms with Crippen molar-refractivity contribution in [2.75, 3.05) is 32.8 Å². The zero-order chi connectivity index (χ0) is 12.8. The van der Waals surface area contributed by atoms with Gasteiger partial charge in [0.15, 0.2) is 5.96 Å². The first-order chi connectivity index (χ1) is 8.75. The van der Waals surface area contributed by atoms with Crippen LogP contribution in [0.3, 0.4) is 0 Å². The van der Waals surface area contributed by atoms with Crippen molar-refractivity contribution < 1.29 is 4.74 Å². The second kappa shape index (κ2) is 6.61. The van der Waals surface area contributed by atoms with Crippen LogP contribution in [-0.2, 0) is 11.2 Å². The van der Waals surface area contributed by atoms with Gasteiger partial charge >= 0.3 is 0 Å². The van der Waals surface area contributed by atoms with E-state index in [0.717, 1.165) is 37.7 Å². The zero-order valence-electron chi connectivity index (χ0n) is 10.3. The first-order valence-corrected chi connectivity index (χ1v) is 6.50. The quantitative estimate of drug-likeness (QED) is 0.668. The standard InChI is InChI=1S/C13H18ClN3O/c14-12-3-1-11(2-4-12)5-6-16-13(15)17-7-9-18-10-8-17/h1-4H,5-10H2,(H2,15,16). The van der Waals surface area contributed by atoms with Crippen molar-refractivity contribution in [3.8, 4) is 0 Å². The zero-order valence-corrected chi connectivity index (χ0v) is 11.1. The Hall–Kier alpha value is -1.26. The van der Waals surface area contributed by atoms with E-state index in [2.05, 4.69) is 9.89 Å². The van der Waals surface area contributed by atoms with E-state index < -0.39 is 0 Å². The molecular formula is C13H18ClN3O. The summed E-state index contributed by atoms with van der Waals surface area (Å²) in [5.41, 5.74) is 7.16. The van der Waals surface area contributed by atoms with Crippen LogP contribution < -0.4 is 5.73 Å². The molecule has 2 N–H and O–H groups in total. The lowest BCUT2D eigenvalue weighted by molar-refractivity contribution is 0.0674. The van der Waals surface area contributed by atoms with Crippen LogP contribution in [0.25, 0.3) is 0 Å². The lowest BCUT2D eigenvalue weighted by atomic mass is 10.1. The number of rotatable bonds is 3. The Morgan fingerprint density at radius 2 is 1.94 bits per heavy atom. The summed E-state index contributed by atoms with van der Waals surface area (Å²) in [5, 5.41) is 0.759. The van der Waals surface area contributed by atoms with E-state index in [-0.39, 0.29) is 0 Å². The molecule has 1 aromatic carbocycles. The van der Waals surface area contributed by atoms with Crippen LogP contribution in [0.1, 0.15) is 5.56 Å². The molecule has 18 heavy (non-hydrogen) atoms. The second-order valence-corrected chi connectivity index (χ2v) is 4.65. The third kappa shape index (κ3) is 3.89. The van der Waals surface area contributed by atoms with Gasteiger partial charge in [-0.1, -0.05) is 23.7 Å². The number of benzene rings is 1. The normalized spacial score (nSPS) is 16.9. The molecule has 1 fully saturated rings. The first kappa shape index (κ1) is 13.2. The van der Waals surface area contributed by atoms with Crippen molar-refractivity contribution in [2.45, 2.75) is 6.42 Å². The summed E-state index contributed by atoms with van der Waals surface area (Å²) in [7, 11) is 0. The predicted octanol–water partition coefficient (Wildman–Crippen LogP) is 1.53. The highest BCUT2D eigenvalue weighted by molar-refractivity contribution is 6.30. The van der Waals surface area contributed by atoms with Gasteiger partial charge in [0, 0.05) is 24.7 Å². The smallest absolute Gasteiger partial charge is 0.191 e. The van der Waals surface area contributed by atoms with Crippen LogP contribution >= 0.6 is 11.6 Å². The second-order valence-electron chi connectivity index (χ2n) is 4.22. The van der Waals surface area contributed by atoms with E-state index in [9.17, 15) is 0 Å². The maximum Gasteiger partial charge on any atom is 0.191 e. The summed E-state index contributed by atoms with van der Waals surface area (Å²) in [5.74, 6) is 0.618. The van der Waals surface area contributed by atoms with Gasteiger partial charge in [0.2, 0.25) is 0 Å². The molecule has 5 heteroatoms. The average Bonchev–Trinajstić information content (AvgIpc) is 2.42. The number of ether oxygens (including phenoxy) is 1.